The van der Waals surface area contributed by atoms with Crippen molar-refractivity contribution in [2.24, 2.45) is 0 Å². The van der Waals surface area contributed by atoms with Crippen molar-refractivity contribution in [3.8, 4) is 11.4 Å². The Hall–Kier alpha value is -2.76. The maximum absolute atomic E-state index is 5.80. The maximum Gasteiger partial charge on any atom is 0.163 e. The first kappa shape index (κ1) is 23.6. The van der Waals surface area contributed by atoms with Crippen LogP contribution in [0.5, 0.6) is 0 Å². The molecule has 8 nitrogen and oxygen atoms in total. The van der Waals surface area contributed by atoms with Crippen LogP contribution in [0, 0.1) is 0 Å². The molecular weight excluding hydrogens is 490 g/mol. The van der Waals surface area contributed by atoms with Crippen LogP contribution in [0.2, 0.25) is 0 Å². The number of hydrogen-bond donors (Lipinski definition) is 1. The van der Waals surface area contributed by atoms with Gasteiger partial charge in [0, 0.05) is 67.3 Å². The molecule has 2 saturated heterocycles. The molecule has 3 aromatic heterocycles. The number of nitrogens with zero attached hydrogens (tertiary/aromatic N) is 6. The summed E-state index contributed by atoms with van der Waals surface area (Å²) >= 11 is 3.67. The second kappa shape index (κ2) is 10.7. The molecule has 36 heavy (non-hydrogen) atoms. The zero-order valence-corrected chi connectivity index (χ0v) is 21.7. The second-order valence-electron chi connectivity index (χ2n) is 8.98. The summed E-state index contributed by atoms with van der Waals surface area (Å²) in [7, 11) is 0. The van der Waals surface area contributed by atoms with Gasteiger partial charge in [-0.15, -0.1) is 11.3 Å². The van der Waals surface area contributed by atoms with E-state index in [0.717, 1.165) is 67.4 Å². The lowest BCUT2D eigenvalue weighted by atomic mass is 10.2. The minimum Gasteiger partial charge on any atom is -0.384 e. The molecule has 2 aliphatic heterocycles. The van der Waals surface area contributed by atoms with E-state index in [1.54, 1.807) is 12.3 Å². The van der Waals surface area contributed by atoms with Crippen LogP contribution in [0.4, 0.5) is 11.6 Å². The van der Waals surface area contributed by atoms with Crippen LogP contribution in [0.1, 0.15) is 4.88 Å². The quantitative estimate of drug-likeness (QED) is 0.380. The largest absolute Gasteiger partial charge is 0.384 e. The van der Waals surface area contributed by atoms with Gasteiger partial charge in [-0.2, -0.15) is 0 Å². The van der Waals surface area contributed by atoms with Crippen molar-refractivity contribution in [1.29, 1.82) is 0 Å². The Morgan fingerprint density at radius 2 is 1.75 bits per heavy atom. The molecule has 2 aliphatic rings. The third kappa shape index (κ3) is 5.33. The molecule has 0 atom stereocenters. The fourth-order valence-electron chi connectivity index (χ4n) is 4.53. The van der Waals surface area contributed by atoms with Crippen molar-refractivity contribution in [3.05, 3.63) is 59.6 Å². The summed E-state index contributed by atoms with van der Waals surface area (Å²) in [5.41, 5.74) is 7.67. The van der Waals surface area contributed by atoms with Gasteiger partial charge in [-0.25, -0.2) is 19.3 Å². The zero-order valence-electron chi connectivity index (χ0n) is 20.0. The van der Waals surface area contributed by atoms with E-state index in [9.17, 15) is 0 Å². The van der Waals surface area contributed by atoms with E-state index in [1.165, 1.54) is 9.77 Å². The lowest BCUT2D eigenvalue weighted by Gasteiger charge is -2.33. The molecule has 2 N–H and O–H groups in total. The van der Waals surface area contributed by atoms with Gasteiger partial charge in [0.2, 0.25) is 0 Å². The van der Waals surface area contributed by atoms with Crippen LogP contribution in [0.15, 0.2) is 59.6 Å². The zero-order chi connectivity index (χ0) is 24.3. The van der Waals surface area contributed by atoms with E-state index in [0.29, 0.717) is 24.9 Å². The lowest BCUT2D eigenvalue weighted by molar-refractivity contribution is 0.122. The Labute approximate surface area is 219 Å². The van der Waals surface area contributed by atoms with Gasteiger partial charge in [-0.1, -0.05) is 18.2 Å². The summed E-state index contributed by atoms with van der Waals surface area (Å²) in [5.74, 6) is 2.18. The molecule has 0 radical (unpaired) electrons. The normalized spacial score (nSPS) is 17.6. The Morgan fingerprint density at radius 1 is 0.944 bits per heavy atom. The third-order valence-corrected chi connectivity index (χ3v) is 8.66. The minimum absolute atomic E-state index is 0.494. The number of thiophene rings is 1. The summed E-state index contributed by atoms with van der Waals surface area (Å²) < 4.78 is 9.21. The highest BCUT2D eigenvalue weighted by atomic mass is 32.2. The minimum atomic E-state index is 0.494. The lowest BCUT2D eigenvalue weighted by Crippen LogP contribution is -2.42. The number of nitrogens with two attached hydrogens (primary N) is 1. The Balaban J connectivity index is 1.21. The number of nitrogen functional groups attached to an aromatic ring is 1. The van der Waals surface area contributed by atoms with Crippen LogP contribution < -0.4 is 10.6 Å². The number of piperazine rings is 1. The number of morpholine rings is 1. The maximum atomic E-state index is 5.80. The van der Waals surface area contributed by atoms with Gasteiger partial charge in [0.05, 0.1) is 23.4 Å². The number of aromatic nitrogens is 3. The molecular formula is C26H29N7OS2. The van der Waals surface area contributed by atoms with Gasteiger partial charge >= 0.3 is 0 Å². The van der Waals surface area contributed by atoms with E-state index in [-0.39, 0.29) is 0 Å². The van der Waals surface area contributed by atoms with Gasteiger partial charge in [0.1, 0.15) is 5.82 Å². The first-order chi connectivity index (χ1) is 17.7. The molecule has 6 rings (SSSR count). The van der Waals surface area contributed by atoms with Crippen molar-refractivity contribution in [3.63, 3.8) is 0 Å². The molecule has 5 heterocycles. The molecule has 0 saturated carbocycles. The average Bonchev–Trinajstić information content (AvgIpc) is 3.33. The van der Waals surface area contributed by atoms with Crippen molar-refractivity contribution < 1.29 is 4.74 Å². The van der Waals surface area contributed by atoms with Crippen molar-refractivity contribution in [1.82, 2.24) is 24.2 Å². The highest BCUT2D eigenvalue weighted by molar-refractivity contribution is 7.97. The average molecular weight is 520 g/mol. The first-order valence-corrected chi connectivity index (χ1v) is 13.9. The molecule has 0 amide bonds. The molecule has 0 aliphatic carbocycles. The van der Waals surface area contributed by atoms with Crippen molar-refractivity contribution in [2.75, 3.05) is 63.1 Å². The van der Waals surface area contributed by atoms with E-state index < -0.39 is 0 Å². The monoisotopic (exact) mass is 519 g/mol. The predicted molar refractivity (Wildman–Crippen MR) is 147 cm³/mol. The predicted octanol–water partition coefficient (Wildman–Crippen LogP) is 4.00. The van der Waals surface area contributed by atoms with Crippen LogP contribution in [-0.2, 0) is 11.3 Å². The molecule has 0 spiro atoms. The van der Waals surface area contributed by atoms with Gasteiger partial charge in [0.15, 0.2) is 11.6 Å². The van der Waals surface area contributed by atoms with Crippen molar-refractivity contribution in [2.45, 2.75) is 11.4 Å². The Kier molecular flexibility index (Phi) is 7.02. The number of anilines is 2. The number of hydrogen-bond acceptors (Lipinski definition) is 10. The molecule has 10 heteroatoms. The highest BCUT2D eigenvalue weighted by Crippen LogP contribution is 2.35. The summed E-state index contributed by atoms with van der Waals surface area (Å²) in [6.45, 7) is 8.25. The molecule has 2 fully saturated rings. The first-order valence-electron chi connectivity index (χ1n) is 12.3. The Morgan fingerprint density at radius 3 is 2.50 bits per heavy atom. The second-order valence-corrected chi connectivity index (χ2v) is 11.3. The molecule has 0 unspecified atom stereocenters. The third-order valence-electron chi connectivity index (χ3n) is 6.45. The highest BCUT2D eigenvalue weighted by Gasteiger charge is 2.22. The fourth-order valence-corrected chi connectivity index (χ4v) is 6.61. The van der Waals surface area contributed by atoms with E-state index in [2.05, 4.69) is 55.5 Å². The van der Waals surface area contributed by atoms with E-state index in [4.69, 9.17) is 20.4 Å². The number of ether oxygens (including phenoxy) is 1. The van der Waals surface area contributed by atoms with Crippen LogP contribution in [0.3, 0.4) is 0 Å². The molecule has 1 aromatic carbocycles. The topological polar surface area (TPSA) is 83.6 Å². The van der Waals surface area contributed by atoms with Gasteiger partial charge < -0.3 is 15.4 Å². The standard InChI is InChI=1S/C26H29N7OS2/c27-23-7-6-19(17-28-23)25-29-22-16-21(35-24(22)26(30-25)32-12-14-34-15-13-32)18-31-8-10-33(11-9-31)36-20-4-2-1-3-5-20/h1-7,16-17H,8-15,18H2,(H2,27,28). The van der Waals surface area contributed by atoms with E-state index in [1.807, 2.05) is 29.4 Å². The van der Waals surface area contributed by atoms with Gasteiger partial charge in [-0.3, -0.25) is 4.90 Å². The van der Waals surface area contributed by atoms with Crippen molar-refractivity contribution >= 4 is 45.1 Å². The number of benzene rings is 1. The fraction of sp³-hybridized carbons (Fsp3) is 0.346. The van der Waals surface area contributed by atoms with Crippen LogP contribution >= 0.6 is 23.3 Å². The van der Waals surface area contributed by atoms with Gasteiger partial charge in [-0.05, 0) is 42.3 Å². The summed E-state index contributed by atoms with van der Waals surface area (Å²) in [4.78, 5) is 21.7. The summed E-state index contributed by atoms with van der Waals surface area (Å²) in [6, 6.07) is 16.6. The summed E-state index contributed by atoms with van der Waals surface area (Å²) in [5, 5.41) is 0. The van der Waals surface area contributed by atoms with Crippen LogP contribution in [-0.4, -0.2) is 76.6 Å². The molecule has 4 aromatic rings. The Bertz CT molecular complexity index is 1300. The molecule has 186 valence electrons. The van der Waals surface area contributed by atoms with Crippen LogP contribution in [0.25, 0.3) is 21.6 Å². The van der Waals surface area contributed by atoms with E-state index >= 15 is 0 Å². The number of rotatable bonds is 6. The number of fused-ring (bicyclic) bond motifs is 1. The smallest absolute Gasteiger partial charge is 0.163 e. The SMILES string of the molecule is Nc1ccc(-c2nc(N3CCOCC3)c3sc(CN4CCN(Sc5ccccc5)CC4)cc3n2)cn1. The molecule has 0 bridgehead atoms. The van der Waals surface area contributed by atoms with Gasteiger partial charge in [0.25, 0.3) is 0 Å². The number of pyridine rings is 1. The summed E-state index contributed by atoms with van der Waals surface area (Å²) in [6.07, 6.45) is 1.75.